The van der Waals surface area contributed by atoms with E-state index < -0.39 is 0 Å². The van der Waals surface area contributed by atoms with Crippen LogP contribution in [0.25, 0.3) is 27.8 Å². The lowest BCUT2D eigenvalue weighted by Crippen LogP contribution is -2.40. The monoisotopic (exact) mass is 472 g/mol. The zero-order valence-corrected chi connectivity index (χ0v) is 21.7. The van der Waals surface area contributed by atoms with Crippen molar-refractivity contribution < 1.29 is 4.79 Å². The lowest BCUT2D eigenvalue weighted by molar-refractivity contribution is -0.130. The molecule has 1 aliphatic rings. The van der Waals surface area contributed by atoms with Crippen LogP contribution in [0.5, 0.6) is 0 Å². The third-order valence-electron chi connectivity index (χ3n) is 7.41. The Morgan fingerprint density at radius 2 is 1.89 bits per heavy atom. The van der Waals surface area contributed by atoms with E-state index in [1.807, 2.05) is 25.5 Å². The molecule has 0 unspecified atom stereocenters. The van der Waals surface area contributed by atoms with Crippen molar-refractivity contribution in [1.29, 1.82) is 0 Å². The first-order chi connectivity index (χ1) is 16.7. The highest BCUT2D eigenvalue weighted by molar-refractivity contribution is 5.94. The number of H-pyrrole nitrogens is 1. The fourth-order valence-electron chi connectivity index (χ4n) is 5.43. The zero-order valence-electron chi connectivity index (χ0n) is 21.7. The highest BCUT2D eigenvalue weighted by Crippen LogP contribution is 2.39. The van der Waals surface area contributed by atoms with Crippen molar-refractivity contribution in [2.45, 2.75) is 52.4 Å². The third kappa shape index (κ3) is 4.33. The summed E-state index contributed by atoms with van der Waals surface area (Å²) in [5, 5.41) is 5.90. The van der Waals surface area contributed by atoms with Gasteiger partial charge in [0.15, 0.2) is 5.65 Å². The molecule has 1 saturated heterocycles. The van der Waals surface area contributed by atoms with Crippen LogP contribution in [0.4, 0.5) is 0 Å². The van der Waals surface area contributed by atoms with Gasteiger partial charge in [0.1, 0.15) is 5.82 Å². The number of fused-ring (bicyclic) bond motifs is 2. The summed E-state index contributed by atoms with van der Waals surface area (Å²) < 4.78 is 1.94. The number of aromatic amines is 1. The number of hydrogen-bond acceptors (Lipinski definition) is 4. The van der Waals surface area contributed by atoms with E-state index in [2.05, 4.69) is 66.1 Å². The molecule has 3 aromatic heterocycles. The zero-order chi connectivity index (χ0) is 24.9. The third-order valence-corrected chi connectivity index (χ3v) is 7.41. The van der Waals surface area contributed by atoms with Gasteiger partial charge in [0.2, 0.25) is 5.91 Å². The molecule has 0 aliphatic carbocycles. The number of carbonyl (C=O) groups is 1. The summed E-state index contributed by atoms with van der Waals surface area (Å²) in [4.78, 5) is 24.5. The summed E-state index contributed by atoms with van der Waals surface area (Å²) in [5.41, 5.74) is 8.11. The fourth-order valence-corrected chi connectivity index (χ4v) is 5.43. The van der Waals surface area contributed by atoms with Crippen molar-refractivity contribution in [3.63, 3.8) is 0 Å². The summed E-state index contributed by atoms with van der Waals surface area (Å²) in [5.74, 6) is 1.84. The molecule has 0 atom stereocenters. The molecule has 4 heterocycles. The molecule has 5 rings (SSSR count). The minimum atomic E-state index is 0.180. The van der Waals surface area contributed by atoms with Crippen LogP contribution >= 0.6 is 0 Å². The number of aromatic nitrogens is 4. The molecular weight excluding hydrogens is 436 g/mol. The van der Waals surface area contributed by atoms with E-state index in [9.17, 15) is 4.79 Å². The van der Waals surface area contributed by atoms with Crippen LogP contribution in [0, 0.1) is 13.8 Å². The average Bonchev–Trinajstić information content (AvgIpc) is 3.40. The highest BCUT2D eigenvalue weighted by atomic mass is 16.2. The number of aryl methyl sites for hydroxylation is 2. The van der Waals surface area contributed by atoms with Crippen LogP contribution in [0.3, 0.4) is 0 Å². The summed E-state index contributed by atoms with van der Waals surface area (Å²) >= 11 is 0. The predicted molar refractivity (Wildman–Crippen MR) is 141 cm³/mol. The Bertz CT molecular complexity index is 1390. The first-order valence-corrected chi connectivity index (χ1v) is 12.6. The van der Waals surface area contributed by atoms with Crippen LogP contribution in [0.1, 0.15) is 61.2 Å². The molecule has 0 radical (unpaired) electrons. The topological polar surface area (TPSA) is 69.5 Å². The highest BCUT2D eigenvalue weighted by Gasteiger charge is 2.25. The fraction of sp³-hybridized carbons (Fsp3) is 0.464. The lowest BCUT2D eigenvalue weighted by Gasteiger charge is -2.32. The van der Waals surface area contributed by atoms with Gasteiger partial charge in [-0.15, -0.1) is 0 Å². The SMILES string of the molecule is Cc1nc2c(-c3[nH]c4ccc(C5CCN(CC(=O)N(C)C)CC5)cc4c3C(C)C)ccc(C)n2n1. The largest absolute Gasteiger partial charge is 0.354 e. The van der Waals surface area contributed by atoms with Gasteiger partial charge < -0.3 is 9.88 Å². The Morgan fingerprint density at radius 1 is 1.14 bits per heavy atom. The molecular formula is C28H36N6O. The van der Waals surface area contributed by atoms with Gasteiger partial charge in [0.05, 0.1) is 12.2 Å². The van der Waals surface area contributed by atoms with E-state index in [4.69, 9.17) is 4.98 Å². The number of benzene rings is 1. The molecule has 1 aliphatic heterocycles. The second-order valence-electron chi connectivity index (χ2n) is 10.5. The van der Waals surface area contributed by atoms with Crippen molar-refractivity contribution >= 4 is 22.5 Å². The van der Waals surface area contributed by atoms with E-state index in [1.54, 1.807) is 4.90 Å². The lowest BCUT2D eigenvalue weighted by atomic mass is 9.87. The van der Waals surface area contributed by atoms with Crippen LogP contribution < -0.4 is 0 Å². The van der Waals surface area contributed by atoms with Gasteiger partial charge in [0.25, 0.3) is 0 Å². The van der Waals surface area contributed by atoms with E-state index in [-0.39, 0.29) is 5.91 Å². The van der Waals surface area contributed by atoms with Crippen LogP contribution in [-0.2, 0) is 4.79 Å². The first kappa shape index (κ1) is 23.5. The van der Waals surface area contributed by atoms with Gasteiger partial charge in [-0.05, 0) is 87.0 Å². The molecule has 0 bridgehead atoms. The number of amides is 1. The van der Waals surface area contributed by atoms with Crippen molar-refractivity contribution in [1.82, 2.24) is 29.4 Å². The molecule has 184 valence electrons. The van der Waals surface area contributed by atoms with E-state index in [1.165, 1.54) is 16.5 Å². The standard InChI is InChI=1S/C28H36N6O/c1-17(2)26-23-15-21(20-11-13-33(14-12-20)16-25(35)32(5)6)8-10-24(23)30-27(26)22-9-7-18(3)34-28(22)29-19(4)31-34/h7-10,15,17,20,30H,11-14,16H2,1-6H3. The number of rotatable bonds is 5. The molecule has 1 fully saturated rings. The number of likely N-dealkylation sites (N-methyl/N-ethyl adjacent to an activating group) is 1. The van der Waals surface area contributed by atoms with Crippen molar-refractivity contribution in [2.75, 3.05) is 33.7 Å². The molecule has 1 aromatic carbocycles. The van der Waals surface area contributed by atoms with Crippen LogP contribution in [-0.4, -0.2) is 69.0 Å². The van der Waals surface area contributed by atoms with Gasteiger partial charge in [-0.2, -0.15) is 5.10 Å². The van der Waals surface area contributed by atoms with E-state index >= 15 is 0 Å². The maximum absolute atomic E-state index is 12.1. The Morgan fingerprint density at radius 3 is 2.57 bits per heavy atom. The molecule has 1 amide bonds. The van der Waals surface area contributed by atoms with Crippen molar-refractivity contribution in [3.8, 4) is 11.3 Å². The number of nitrogens with zero attached hydrogens (tertiary/aromatic N) is 5. The second kappa shape index (κ2) is 9.11. The number of piperidine rings is 1. The quantitative estimate of drug-likeness (QED) is 0.449. The summed E-state index contributed by atoms with van der Waals surface area (Å²) in [6.45, 7) is 11.0. The summed E-state index contributed by atoms with van der Waals surface area (Å²) in [6, 6.07) is 11.2. The van der Waals surface area contributed by atoms with E-state index in [0.717, 1.165) is 59.9 Å². The van der Waals surface area contributed by atoms with Crippen LogP contribution in [0.2, 0.25) is 0 Å². The van der Waals surface area contributed by atoms with Gasteiger partial charge in [-0.25, -0.2) is 9.50 Å². The smallest absolute Gasteiger partial charge is 0.236 e. The number of nitrogens with one attached hydrogen (secondary N) is 1. The molecule has 7 heteroatoms. The average molecular weight is 473 g/mol. The Balaban J connectivity index is 1.49. The summed E-state index contributed by atoms with van der Waals surface area (Å²) in [6.07, 6.45) is 2.16. The minimum Gasteiger partial charge on any atom is -0.354 e. The number of pyridine rings is 1. The first-order valence-electron chi connectivity index (χ1n) is 12.6. The molecule has 4 aromatic rings. The minimum absolute atomic E-state index is 0.180. The predicted octanol–water partition coefficient (Wildman–Crippen LogP) is 4.89. The molecule has 0 saturated carbocycles. The molecule has 7 nitrogen and oxygen atoms in total. The Labute approximate surface area is 207 Å². The van der Waals surface area contributed by atoms with Crippen LogP contribution in [0.15, 0.2) is 30.3 Å². The van der Waals surface area contributed by atoms with Gasteiger partial charge in [-0.3, -0.25) is 9.69 Å². The maximum Gasteiger partial charge on any atom is 0.236 e. The van der Waals surface area contributed by atoms with Gasteiger partial charge >= 0.3 is 0 Å². The normalized spacial score (nSPS) is 15.5. The number of carbonyl (C=O) groups excluding carboxylic acids is 1. The summed E-state index contributed by atoms with van der Waals surface area (Å²) in [7, 11) is 3.65. The van der Waals surface area contributed by atoms with Gasteiger partial charge in [-0.1, -0.05) is 19.9 Å². The second-order valence-corrected chi connectivity index (χ2v) is 10.5. The maximum atomic E-state index is 12.1. The van der Waals surface area contributed by atoms with Crippen molar-refractivity contribution in [3.05, 3.63) is 53.0 Å². The molecule has 1 N–H and O–H groups in total. The van der Waals surface area contributed by atoms with Gasteiger partial charge in [0, 0.05) is 36.3 Å². The Kier molecular flexibility index (Phi) is 6.13. The number of likely N-dealkylation sites (tertiary alicyclic amines) is 1. The Hall–Kier alpha value is -3.19. The van der Waals surface area contributed by atoms with E-state index in [0.29, 0.717) is 18.4 Å². The molecule has 0 spiro atoms. The molecule has 35 heavy (non-hydrogen) atoms. The van der Waals surface area contributed by atoms with Crippen molar-refractivity contribution in [2.24, 2.45) is 0 Å². The number of hydrogen-bond donors (Lipinski definition) is 1.